The normalized spacial score (nSPS) is 10.3. The summed E-state index contributed by atoms with van der Waals surface area (Å²) >= 11 is 0. The zero-order valence-electron chi connectivity index (χ0n) is 12.0. The second-order valence-corrected chi connectivity index (χ2v) is 4.82. The maximum absolute atomic E-state index is 12.4. The van der Waals surface area contributed by atoms with Crippen molar-refractivity contribution in [1.29, 1.82) is 0 Å². The van der Waals surface area contributed by atoms with Crippen LogP contribution in [0.5, 0.6) is 0 Å². The highest BCUT2D eigenvalue weighted by Gasteiger charge is 2.13. The predicted octanol–water partition coefficient (Wildman–Crippen LogP) is 3.10. The van der Waals surface area contributed by atoms with Crippen LogP contribution >= 0.6 is 0 Å². The SMILES string of the molecule is CCc1cccc(C)c1NC(=O)c1cc(N)cnc1C. The van der Waals surface area contributed by atoms with Crippen molar-refractivity contribution in [3.63, 3.8) is 0 Å². The van der Waals surface area contributed by atoms with E-state index >= 15 is 0 Å². The van der Waals surface area contributed by atoms with E-state index in [1.165, 1.54) is 0 Å². The van der Waals surface area contributed by atoms with Gasteiger partial charge in [-0.2, -0.15) is 0 Å². The molecule has 3 N–H and O–H groups in total. The van der Waals surface area contributed by atoms with Crippen LogP contribution in [0.2, 0.25) is 0 Å². The van der Waals surface area contributed by atoms with Gasteiger partial charge >= 0.3 is 0 Å². The fourth-order valence-electron chi connectivity index (χ4n) is 2.16. The number of benzene rings is 1. The van der Waals surface area contributed by atoms with E-state index < -0.39 is 0 Å². The average Bonchev–Trinajstić information content (AvgIpc) is 2.43. The van der Waals surface area contributed by atoms with Crippen LogP contribution in [0.25, 0.3) is 0 Å². The van der Waals surface area contributed by atoms with Crippen molar-refractivity contribution in [2.24, 2.45) is 0 Å². The molecule has 2 aromatic rings. The largest absolute Gasteiger partial charge is 0.397 e. The Morgan fingerprint density at radius 3 is 2.80 bits per heavy atom. The topological polar surface area (TPSA) is 68.0 Å². The number of aryl methyl sites for hydroxylation is 3. The number of nitrogen functional groups attached to an aromatic ring is 1. The first-order valence-electron chi connectivity index (χ1n) is 6.65. The molecule has 0 fully saturated rings. The lowest BCUT2D eigenvalue weighted by Crippen LogP contribution is -2.16. The average molecular weight is 269 g/mol. The molecule has 0 aliphatic rings. The molecule has 0 radical (unpaired) electrons. The van der Waals surface area contributed by atoms with Gasteiger partial charge in [-0.25, -0.2) is 0 Å². The lowest BCUT2D eigenvalue weighted by atomic mass is 10.1. The van der Waals surface area contributed by atoms with Crippen LogP contribution in [0, 0.1) is 13.8 Å². The molecule has 0 bridgehead atoms. The minimum atomic E-state index is -0.175. The molecule has 0 atom stereocenters. The number of carbonyl (C=O) groups is 1. The third-order valence-electron chi connectivity index (χ3n) is 3.33. The minimum absolute atomic E-state index is 0.175. The van der Waals surface area contributed by atoms with E-state index in [0.717, 1.165) is 23.2 Å². The maximum atomic E-state index is 12.4. The predicted molar refractivity (Wildman–Crippen MR) is 81.9 cm³/mol. The first-order chi connectivity index (χ1) is 9.52. The minimum Gasteiger partial charge on any atom is -0.397 e. The van der Waals surface area contributed by atoms with Crippen LogP contribution in [-0.2, 0) is 6.42 Å². The highest BCUT2D eigenvalue weighted by atomic mass is 16.1. The summed E-state index contributed by atoms with van der Waals surface area (Å²) in [6, 6.07) is 7.66. The fraction of sp³-hybridized carbons (Fsp3) is 0.250. The van der Waals surface area contributed by atoms with Crippen molar-refractivity contribution in [3.05, 3.63) is 52.8 Å². The van der Waals surface area contributed by atoms with Crippen molar-refractivity contribution in [1.82, 2.24) is 4.98 Å². The van der Waals surface area contributed by atoms with Gasteiger partial charge < -0.3 is 11.1 Å². The van der Waals surface area contributed by atoms with Crippen molar-refractivity contribution in [3.8, 4) is 0 Å². The van der Waals surface area contributed by atoms with Gasteiger partial charge in [0.05, 0.1) is 23.1 Å². The summed E-state index contributed by atoms with van der Waals surface area (Å²) in [5.74, 6) is -0.175. The Bertz CT molecular complexity index is 650. The van der Waals surface area contributed by atoms with Crippen molar-refractivity contribution >= 4 is 17.3 Å². The fourth-order valence-corrected chi connectivity index (χ4v) is 2.16. The van der Waals surface area contributed by atoms with Gasteiger partial charge in [-0.05, 0) is 37.5 Å². The lowest BCUT2D eigenvalue weighted by Gasteiger charge is -2.14. The van der Waals surface area contributed by atoms with E-state index in [4.69, 9.17) is 5.73 Å². The Morgan fingerprint density at radius 2 is 2.10 bits per heavy atom. The molecule has 0 saturated carbocycles. The van der Waals surface area contributed by atoms with Crippen molar-refractivity contribution < 1.29 is 4.79 Å². The molecule has 4 heteroatoms. The number of nitrogens with two attached hydrogens (primary N) is 1. The highest BCUT2D eigenvalue weighted by Crippen LogP contribution is 2.22. The zero-order valence-corrected chi connectivity index (χ0v) is 12.0. The van der Waals surface area contributed by atoms with Gasteiger partial charge in [0, 0.05) is 5.69 Å². The van der Waals surface area contributed by atoms with E-state index in [9.17, 15) is 4.79 Å². The van der Waals surface area contributed by atoms with Crippen LogP contribution in [0.15, 0.2) is 30.5 Å². The van der Waals surface area contributed by atoms with Crippen LogP contribution < -0.4 is 11.1 Å². The van der Waals surface area contributed by atoms with Crippen LogP contribution in [0.1, 0.15) is 34.1 Å². The Kier molecular flexibility index (Phi) is 4.03. The molecule has 0 aliphatic carbocycles. The van der Waals surface area contributed by atoms with Crippen LogP contribution in [0.3, 0.4) is 0 Å². The lowest BCUT2D eigenvalue weighted by molar-refractivity contribution is 0.102. The van der Waals surface area contributed by atoms with E-state index in [1.54, 1.807) is 19.2 Å². The molecule has 1 amide bonds. The first-order valence-corrected chi connectivity index (χ1v) is 6.65. The molecule has 0 unspecified atom stereocenters. The number of nitrogens with zero attached hydrogens (tertiary/aromatic N) is 1. The summed E-state index contributed by atoms with van der Waals surface area (Å²) in [6.07, 6.45) is 2.42. The van der Waals surface area contributed by atoms with Crippen LogP contribution in [-0.4, -0.2) is 10.9 Å². The number of pyridine rings is 1. The molecule has 1 aromatic carbocycles. The van der Waals surface area contributed by atoms with Crippen molar-refractivity contribution in [2.45, 2.75) is 27.2 Å². The molecule has 104 valence electrons. The van der Waals surface area contributed by atoms with E-state index in [-0.39, 0.29) is 5.91 Å². The third kappa shape index (κ3) is 2.79. The molecule has 4 nitrogen and oxygen atoms in total. The molecule has 20 heavy (non-hydrogen) atoms. The number of carbonyl (C=O) groups excluding carboxylic acids is 1. The van der Waals surface area contributed by atoms with Gasteiger partial charge in [-0.3, -0.25) is 9.78 Å². The Hall–Kier alpha value is -2.36. The second kappa shape index (κ2) is 5.74. The van der Waals surface area contributed by atoms with E-state index in [1.807, 2.05) is 25.1 Å². The molecule has 1 aromatic heterocycles. The van der Waals surface area contributed by atoms with E-state index in [0.29, 0.717) is 16.9 Å². The summed E-state index contributed by atoms with van der Waals surface area (Å²) in [6.45, 7) is 5.85. The highest BCUT2D eigenvalue weighted by molar-refractivity contribution is 6.06. The van der Waals surface area contributed by atoms with Gasteiger partial charge in [-0.15, -0.1) is 0 Å². The number of rotatable bonds is 3. The van der Waals surface area contributed by atoms with Gasteiger partial charge in [-0.1, -0.05) is 25.1 Å². The number of amides is 1. The Labute approximate surface area is 119 Å². The summed E-state index contributed by atoms with van der Waals surface area (Å²) in [5, 5.41) is 2.98. The van der Waals surface area contributed by atoms with Gasteiger partial charge in [0.15, 0.2) is 0 Å². The Morgan fingerprint density at radius 1 is 1.35 bits per heavy atom. The monoisotopic (exact) mass is 269 g/mol. The second-order valence-electron chi connectivity index (χ2n) is 4.82. The number of anilines is 2. The summed E-state index contributed by atoms with van der Waals surface area (Å²) in [5.41, 5.74) is 10.4. The molecular weight excluding hydrogens is 250 g/mol. The summed E-state index contributed by atoms with van der Waals surface area (Å²) < 4.78 is 0. The molecule has 0 spiro atoms. The smallest absolute Gasteiger partial charge is 0.257 e. The molecule has 0 aliphatic heterocycles. The summed E-state index contributed by atoms with van der Waals surface area (Å²) in [4.78, 5) is 16.5. The van der Waals surface area contributed by atoms with E-state index in [2.05, 4.69) is 17.2 Å². The number of hydrogen-bond acceptors (Lipinski definition) is 3. The van der Waals surface area contributed by atoms with Crippen LogP contribution in [0.4, 0.5) is 11.4 Å². The molecule has 2 rings (SSSR count). The maximum Gasteiger partial charge on any atom is 0.257 e. The van der Waals surface area contributed by atoms with Crippen molar-refractivity contribution in [2.75, 3.05) is 11.1 Å². The number of para-hydroxylation sites is 1. The van der Waals surface area contributed by atoms with Gasteiger partial charge in [0.25, 0.3) is 5.91 Å². The molecular formula is C16H19N3O. The molecule has 0 saturated heterocycles. The zero-order chi connectivity index (χ0) is 14.7. The quantitative estimate of drug-likeness (QED) is 0.899. The third-order valence-corrected chi connectivity index (χ3v) is 3.33. The number of hydrogen-bond donors (Lipinski definition) is 2. The Balaban J connectivity index is 2.35. The first kappa shape index (κ1) is 14.1. The standard InChI is InChI=1S/C16H19N3O/c1-4-12-7-5-6-10(2)15(12)19-16(20)14-8-13(17)9-18-11(14)3/h5-9H,4,17H2,1-3H3,(H,19,20). The van der Waals surface area contributed by atoms with Gasteiger partial charge in [0.2, 0.25) is 0 Å². The van der Waals surface area contributed by atoms with Gasteiger partial charge in [0.1, 0.15) is 0 Å². The number of aromatic nitrogens is 1. The number of nitrogens with one attached hydrogen (secondary N) is 1. The summed E-state index contributed by atoms with van der Waals surface area (Å²) in [7, 11) is 0. The molecule has 1 heterocycles.